The highest BCUT2D eigenvalue weighted by atomic mass is 79.9. The predicted molar refractivity (Wildman–Crippen MR) is 87.1 cm³/mol. The zero-order valence-electron chi connectivity index (χ0n) is 10.2. The normalized spacial score (nSPS) is 12.3. The van der Waals surface area contributed by atoms with Gasteiger partial charge in [-0.2, -0.15) is 0 Å². The molecule has 0 saturated carbocycles. The molecule has 0 saturated heterocycles. The monoisotopic (exact) mass is 414 g/mol. The Hall–Kier alpha value is -1.05. The van der Waals surface area contributed by atoms with E-state index < -0.39 is 0 Å². The number of nitro benzene ring substituents is 1. The zero-order valence-corrected chi connectivity index (χ0v) is 14.2. The van der Waals surface area contributed by atoms with Crippen molar-refractivity contribution in [2.75, 3.05) is 5.32 Å². The van der Waals surface area contributed by atoms with Crippen LogP contribution in [-0.4, -0.2) is 4.92 Å². The first-order valence-electron chi connectivity index (χ1n) is 5.70. The molecule has 2 aromatic carbocycles. The maximum absolute atomic E-state index is 11.3. The fraction of sp³-hybridized carbons (Fsp3) is 0.0769. The summed E-state index contributed by atoms with van der Waals surface area (Å²) in [4.78, 5) is 12.8. The molecule has 0 bridgehead atoms. The van der Waals surface area contributed by atoms with E-state index in [1.54, 1.807) is 6.07 Å². The van der Waals surface area contributed by atoms with E-state index in [-0.39, 0.29) is 10.6 Å². The highest BCUT2D eigenvalue weighted by Crippen LogP contribution is 2.53. The van der Waals surface area contributed by atoms with Gasteiger partial charge in [0.2, 0.25) is 0 Å². The fourth-order valence-electron chi connectivity index (χ4n) is 2.11. The van der Waals surface area contributed by atoms with Crippen molar-refractivity contribution in [2.24, 2.45) is 0 Å². The second kappa shape index (κ2) is 5.05. The molecule has 3 rings (SSSR count). The Balaban J connectivity index is 2.26. The van der Waals surface area contributed by atoms with Crippen molar-refractivity contribution in [1.29, 1.82) is 0 Å². The third-order valence-electron chi connectivity index (χ3n) is 3.04. The molecule has 0 unspecified atom stereocenters. The largest absolute Gasteiger partial charge is 0.348 e. The quantitative estimate of drug-likeness (QED) is 0.413. The first kappa shape index (κ1) is 13.9. The van der Waals surface area contributed by atoms with Crippen LogP contribution in [0, 0.1) is 17.0 Å². The lowest BCUT2D eigenvalue weighted by Crippen LogP contribution is -2.06. The van der Waals surface area contributed by atoms with Crippen LogP contribution >= 0.6 is 43.6 Å². The molecule has 0 amide bonds. The molecule has 1 aliphatic rings. The summed E-state index contributed by atoms with van der Waals surface area (Å²) in [5, 5.41) is 14.5. The van der Waals surface area contributed by atoms with E-state index in [2.05, 4.69) is 37.2 Å². The molecule has 0 fully saturated rings. The van der Waals surface area contributed by atoms with E-state index in [9.17, 15) is 10.1 Å². The highest BCUT2D eigenvalue weighted by molar-refractivity contribution is 9.11. The summed E-state index contributed by atoms with van der Waals surface area (Å²) in [5.74, 6) is 0. The molecule has 0 aromatic heterocycles. The average molecular weight is 416 g/mol. The summed E-state index contributed by atoms with van der Waals surface area (Å²) >= 11 is 8.27. The van der Waals surface area contributed by atoms with Crippen LogP contribution in [0.4, 0.5) is 17.1 Å². The van der Waals surface area contributed by atoms with Gasteiger partial charge in [-0.15, -0.1) is 0 Å². The summed E-state index contributed by atoms with van der Waals surface area (Å²) < 4.78 is 1.29. The fourth-order valence-corrected chi connectivity index (χ4v) is 4.74. The molecule has 7 heteroatoms. The molecular formula is C13H8Br2N2O2S. The first-order chi connectivity index (χ1) is 9.49. The minimum absolute atomic E-state index is 0.0598. The van der Waals surface area contributed by atoms with Gasteiger partial charge < -0.3 is 5.32 Å². The summed E-state index contributed by atoms with van der Waals surface area (Å²) in [6.45, 7) is 1.98. The van der Waals surface area contributed by atoms with Crippen LogP contribution in [0.15, 0.2) is 43.0 Å². The van der Waals surface area contributed by atoms with Crippen LogP contribution in [0.3, 0.4) is 0 Å². The molecule has 0 radical (unpaired) electrons. The molecule has 20 heavy (non-hydrogen) atoms. The van der Waals surface area contributed by atoms with Crippen LogP contribution in [0.5, 0.6) is 0 Å². The summed E-state index contributed by atoms with van der Waals surface area (Å²) in [6, 6.07) is 7.68. The maximum atomic E-state index is 11.3. The summed E-state index contributed by atoms with van der Waals surface area (Å²) in [5.41, 5.74) is 2.58. The zero-order chi connectivity index (χ0) is 14.4. The van der Waals surface area contributed by atoms with Crippen molar-refractivity contribution in [3.8, 4) is 0 Å². The van der Waals surface area contributed by atoms with Gasteiger partial charge in [0.25, 0.3) is 0 Å². The predicted octanol–water partition coefficient (Wildman–Crippen LogP) is 5.64. The number of nitro groups is 1. The molecule has 1 heterocycles. The van der Waals surface area contributed by atoms with Gasteiger partial charge in [0.05, 0.1) is 20.0 Å². The molecule has 0 atom stereocenters. The van der Waals surface area contributed by atoms with Crippen molar-refractivity contribution in [3.63, 3.8) is 0 Å². The van der Waals surface area contributed by atoms with Crippen molar-refractivity contribution < 1.29 is 4.92 Å². The average Bonchev–Trinajstić information content (AvgIpc) is 2.37. The van der Waals surface area contributed by atoms with Gasteiger partial charge in [0.15, 0.2) is 0 Å². The highest BCUT2D eigenvalue weighted by Gasteiger charge is 2.29. The smallest absolute Gasteiger partial charge is 0.307 e. The molecule has 102 valence electrons. The Bertz CT molecular complexity index is 750. The van der Waals surface area contributed by atoms with E-state index >= 15 is 0 Å². The van der Waals surface area contributed by atoms with E-state index in [0.717, 1.165) is 25.5 Å². The molecular weight excluding hydrogens is 408 g/mol. The third kappa shape index (κ3) is 2.13. The van der Waals surface area contributed by atoms with Crippen molar-refractivity contribution >= 4 is 60.7 Å². The minimum Gasteiger partial charge on any atom is -0.348 e. The van der Waals surface area contributed by atoms with Gasteiger partial charge in [-0.1, -0.05) is 23.9 Å². The number of hydrogen-bond donors (Lipinski definition) is 1. The van der Waals surface area contributed by atoms with Crippen LogP contribution in [0.25, 0.3) is 0 Å². The lowest BCUT2D eigenvalue weighted by molar-refractivity contribution is -0.384. The first-order valence-corrected chi connectivity index (χ1v) is 8.10. The van der Waals surface area contributed by atoms with Gasteiger partial charge in [0.1, 0.15) is 5.69 Å². The van der Waals surface area contributed by atoms with Gasteiger partial charge in [-0.05, 0) is 56.5 Å². The number of benzene rings is 2. The lowest BCUT2D eigenvalue weighted by Gasteiger charge is -2.23. The minimum atomic E-state index is -0.369. The number of anilines is 2. The molecule has 2 aromatic rings. The number of hydrogen-bond acceptors (Lipinski definition) is 4. The van der Waals surface area contributed by atoms with E-state index in [1.807, 2.05) is 25.1 Å². The van der Waals surface area contributed by atoms with Crippen LogP contribution in [0.2, 0.25) is 0 Å². The van der Waals surface area contributed by atoms with Crippen LogP contribution < -0.4 is 5.32 Å². The second-order valence-corrected chi connectivity index (χ2v) is 7.09. The Morgan fingerprint density at radius 2 is 2.00 bits per heavy atom. The van der Waals surface area contributed by atoms with Crippen molar-refractivity contribution in [3.05, 3.63) is 48.9 Å². The Labute approximate surface area is 136 Å². The number of rotatable bonds is 1. The number of nitrogens with one attached hydrogen (secondary N) is 1. The summed E-state index contributed by atoms with van der Waals surface area (Å²) in [6.07, 6.45) is 0. The van der Waals surface area contributed by atoms with E-state index in [0.29, 0.717) is 10.2 Å². The number of fused-ring (bicyclic) bond motifs is 2. The SMILES string of the molecule is Cc1cccc2c1Nc1c(c(Br)cc(Br)c1[N+](=O)[O-])S2. The topological polar surface area (TPSA) is 55.2 Å². The van der Waals surface area contributed by atoms with Crippen molar-refractivity contribution in [2.45, 2.75) is 16.7 Å². The van der Waals surface area contributed by atoms with Gasteiger partial charge >= 0.3 is 5.69 Å². The van der Waals surface area contributed by atoms with E-state index in [1.165, 1.54) is 11.8 Å². The standard InChI is InChI=1S/C13H8Br2N2O2S/c1-6-3-2-4-9-10(6)16-11-12(17(18)19)7(14)5-8(15)13(11)20-9/h2-5,16H,1H3. The lowest BCUT2D eigenvalue weighted by atomic mass is 10.1. The molecule has 4 nitrogen and oxygen atoms in total. The molecule has 0 spiro atoms. The van der Waals surface area contributed by atoms with Crippen LogP contribution in [-0.2, 0) is 0 Å². The van der Waals surface area contributed by atoms with E-state index in [4.69, 9.17) is 0 Å². The second-order valence-electron chi connectivity index (χ2n) is 4.33. The Morgan fingerprint density at radius 1 is 1.25 bits per heavy atom. The Morgan fingerprint density at radius 3 is 2.70 bits per heavy atom. The molecule has 1 aliphatic heterocycles. The Kier molecular flexibility index (Phi) is 3.51. The number of halogens is 2. The third-order valence-corrected chi connectivity index (χ3v) is 5.72. The number of aryl methyl sites for hydroxylation is 1. The number of nitrogens with zero attached hydrogens (tertiary/aromatic N) is 1. The van der Waals surface area contributed by atoms with Gasteiger partial charge in [-0.3, -0.25) is 10.1 Å². The van der Waals surface area contributed by atoms with Gasteiger partial charge in [0, 0.05) is 9.37 Å². The maximum Gasteiger partial charge on any atom is 0.307 e. The molecule has 0 aliphatic carbocycles. The summed E-state index contributed by atoms with van der Waals surface area (Å²) in [7, 11) is 0. The van der Waals surface area contributed by atoms with Gasteiger partial charge in [-0.25, -0.2) is 0 Å². The van der Waals surface area contributed by atoms with Crippen LogP contribution in [0.1, 0.15) is 5.56 Å². The number of para-hydroxylation sites is 1. The molecule has 1 N–H and O–H groups in total. The van der Waals surface area contributed by atoms with Crippen molar-refractivity contribution in [1.82, 2.24) is 0 Å².